The number of amidine groups is 1. The SMILES string of the molecule is CC1=C(C(=O)OCC(C)C)[C@@H](c2ccc(Cl)cc2Cl)N2C(=O)[C@H](C)SC2=N1. The Morgan fingerprint density at radius 1 is 1.37 bits per heavy atom. The molecule has 2 heterocycles. The lowest BCUT2D eigenvalue weighted by molar-refractivity contribution is -0.141. The van der Waals surface area contributed by atoms with Crippen LogP contribution in [0.2, 0.25) is 10.0 Å². The number of carbonyl (C=O) groups is 2. The normalized spacial score (nSPS) is 22.3. The third kappa shape index (κ3) is 3.89. The summed E-state index contributed by atoms with van der Waals surface area (Å²) in [6.07, 6.45) is 0. The van der Waals surface area contributed by atoms with Gasteiger partial charge in [0.05, 0.1) is 29.2 Å². The maximum Gasteiger partial charge on any atom is 0.338 e. The number of aliphatic imine (C=N–C) groups is 1. The zero-order valence-electron chi connectivity index (χ0n) is 15.5. The number of rotatable bonds is 4. The number of carbonyl (C=O) groups excluding carboxylic acids is 2. The number of halogens is 2. The average molecular weight is 427 g/mol. The molecule has 2 aliphatic heterocycles. The van der Waals surface area contributed by atoms with E-state index in [9.17, 15) is 9.59 Å². The van der Waals surface area contributed by atoms with Gasteiger partial charge in [-0.05, 0) is 37.5 Å². The van der Waals surface area contributed by atoms with Crippen molar-refractivity contribution in [2.24, 2.45) is 10.9 Å². The third-order valence-electron chi connectivity index (χ3n) is 4.28. The third-order valence-corrected chi connectivity index (χ3v) is 5.90. The van der Waals surface area contributed by atoms with Crippen molar-refractivity contribution in [3.8, 4) is 0 Å². The van der Waals surface area contributed by atoms with Gasteiger partial charge in [0.1, 0.15) is 0 Å². The molecule has 0 saturated carbocycles. The number of allylic oxidation sites excluding steroid dienone is 1. The Kier molecular flexibility index (Phi) is 5.89. The van der Waals surface area contributed by atoms with Crippen LogP contribution in [-0.4, -0.2) is 33.8 Å². The van der Waals surface area contributed by atoms with E-state index >= 15 is 0 Å². The number of esters is 1. The highest BCUT2D eigenvalue weighted by Gasteiger charge is 2.46. The maximum absolute atomic E-state index is 12.9. The molecule has 1 fully saturated rings. The Balaban J connectivity index is 2.12. The first-order valence-corrected chi connectivity index (χ1v) is 10.3. The minimum Gasteiger partial charge on any atom is -0.462 e. The second-order valence-corrected chi connectivity index (χ2v) is 9.07. The minimum absolute atomic E-state index is 0.114. The van der Waals surface area contributed by atoms with E-state index in [1.54, 1.807) is 30.0 Å². The van der Waals surface area contributed by atoms with Gasteiger partial charge < -0.3 is 4.74 Å². The molecule has 0 aliphatic carbocycles. The Morgan fingerprint density at radius 3 is 2.70 bits per heavy atom. The molecule has 27 heavy (non-hydrogen) atoms. The maximum atomic E-state index is 12.9. The van der Waals surface area contributed by atoms with Crippen LogP contribution in [0.4, 0.5) is 0 Å². The second-order valence-electron chi connectivity index (χ2n) is 6.92. The molecule has 0 N–H and O–H groups in total. The van der Waals surface area contributed by atoms with Gasteiger partial charge >= 0.3 is 5.97 Å². The number of amides is 1. The van der Waals surface area contributed by atoms with Crippen LogP contribution in [0.1, 0.15) is 39.3 Å². The predicted molar refractivity (Wildman–Crippen MR) is 109 cm³/mol. The van der Waals surface area contributed by atoms with Crippen LogP contribution in [0.5, 0.6) is 0 Å². The summed E-state index contributed by atoms with van der Waals surface area (Å²) in [5.41, 5.74) is 1.47. The lowest BCUT2D eigenvalue weighted by Gasteiger charge is -2.33. The Morgan fingerprint density at radius 2 is 2.07 bits per heavy atom. The molecule has 0 aromatic heterocycles. The topological polar surface area (TPSA) is 59.0 Å². The molecule has 3 rings (SSSR count). The largest absolute Gasteiger partial charge is 0.462 e. The van der Waals surface area contributed by atoms with Crippen molar-refractivity contribution in [3.63, 3.8) is 0 Å². The van der Waals surface area contributed by atoms with Crippen molar-refractivity contribution < 1.29 is 14.3 Å². The van der Waals surface area contributed by atoms with E-state index in [0.717, 1.165) is 0 Å². The monoisotopic (exact) mass is 426 g/mol. The van der Waals surface area contributed by atoms with E-state index in [1.807, 2.05) is 20.8 Å². The molecule has 0 radical (unpaired) electrons. The van der Waals surface area contributed by atoms with Gasteiger partial charge in [0.25, 0.3) is 0 Å². The number of ether oxygens (including phenoxy) is 1. The molecule has 1 aromatic carbocycles. The first kappa shape index (κ1) is 20.2. The van der Waals surface area contributed by atoms with E-state index in [1.165, 1.54) is 11.8 Å². The molecule has 0 bridgehead atoms. The fourth-order valence-corrected chi connectivity index (χ4v) is 4.54. The number of thioether (sulfide) groups is 1. The van der Waals surface area contributed by atoms with E-state index in [-0.39, 0.29) is 23.7 Å². The molecule has 144 valence electrons. The van der Waals surface area contributed by atoms with E-state index in [2.05, 4.69) is 4.99 Å². The fraction of sp³-hybridized carbons (Fsp3) is 0.421. The van der Waals surface area contributed by atoms with E-state index < -0.39 is 12.0 Å². The fourth-order valence-electron chi connectivity index (χ4n) is 3.00. The Labute approximate surface area is 172 Å². The number of hydrogen-bond donors (Lipinski definition) is 0. The quantitative estimate of drug-likeness (QED) is 0.646. The summed E-state index contributed by atoms with van der Waals surface area (Å²) in [5.74, 6) is -0.409. The van der Waals surface area contributed by atoms with Crippen LogP contribution in [-0.2, 0) is 14.3 Å². The van der Waals surface area contributed by atoms with Crippen LogP contribution in [0.3, 0.4) is 0 Å². The summed E-state index contributed by atoms with van der Waals surface area (Å²) in [6, 6.07) is 4.35. The summed E-state index contributed by atoms with van der Waals surface area (Å²) in [6.45, 7) is 7.77. The molecule has 0 unspecified atom stereocenters. The standard InChI is InChI=1S/C19H20Cl2N2O3S/c1-9(2)8-26-18(25)15-10(3)22-19-23(17(24)11(4)27-19)16(15)13-6-5-12(20)7-14(13)21/h5-7,9,11,16H,8H2,1-4H3/t11-,16+/m0/s1. The molecule has 0 spiro atoms. The molecule has 2 aliphatic rings. The van der Waals surface area contributed by atoms with Crippen molar-refractivity contribution in [1.82, 2.24) is 4.90 Å². The molecule has 1 aromatic rings. The lowest BCUT2D eigenvalue weighted by Crippen LogP contribution is -2.40. The summed E-state index contributed by atoms with van der Waals surface area (Å²) >= 11 is 13.8. The lowest BCUT2D eigenvalue weighted by atomic mass is 9.94. The van der Waals surface area contributed by atoms with Crippen LogP contribution < -0.4 is 0 Å². The number of hydrogen-bond acceptors (Lipinski definition) is 5. The van der Waals surface area contributed by atoms with Gasteiger partial charge in [0.15, 0.2) is 5.17 Å². The summed E-state index contributed by atoms with van der Waals surface area (Å²) in [4.78, 5) is 31.7. The minimum atomic E-state index is -0.688. The van der Waals surface area contributed by atoms with Gasteiger partial charge in [-0.15, -0.1) is 0 Å². The summed E-state index contributed by atoms with van der Waals surface area (Å²) in [7, 11) is 0. The van der Waals surface area contributed by atoms with Gasteiger partial charge in [-0.2, -0.15) is 0 Å². The highest BCUT2D eigenvalue weighted by molar-refractivity contribution is 8.15. The zero-order valence-corrected chi connectivity index (χ0v) is 17.8. The summed E-state index contributed by atoms with van der Waals surface area (Å²) in [5, 5.41) is 1.15. The van der Waals surface area contributed by atoms with Crippen molar-refractivity contribution in [3.05, 3.63) is 45.1 Å². The molecular formula is C19H20Cl2N2O3S. The van der Waals surface area contributed by atoms with Crippen molar-refractivity contribution in [2.75, 3.05) is 6.61 Å². The van der Waals surface area contributed by atoms with Crippen LogP contribution in [0.15, 0.2) is 34.5 Å². The number of benzene rings is 1. The second kappa shape index (κ2) is 7.86. The molecular weight excluding hydrogens is 407 g/mol. The van der Waals surface area contributed by atoms with Crippen LogP contribution in [0.25, 0.3) is 0 Å². The summed E-state index contributed by atoms with van der Waals surface area (Å²) < 4.78 is 5.46. The molecule has 1 saturated heterocycles. The smallest absolute Gasteiger partial charge is 0.338 e. The average Bonchev–Trinajstić information content (AvgIpc) is 2.86. The van der Waals surface area contributed by atoms with Crippen LogP contribution in [0, 0.1) is 5.92 Å². The predicted octanol–water partition coefficient (Wildman–Crippen LogP) is 4.84. The Bertz CT molecular complexity index is 867. The number of fused-ring (bicyclic) bond motifs is 1. The van der Waals surface area contributed by atoms with Gasteiger partial charge in [-0.25, -0.2) is 9.79 Å². The van der Waals surface area contributed by atoms with Crippen molar-refractivity contribution in [2.45, 2.75) is 39.0 Å². The van der Waals surface area contributed by atoms with E-state index in [4.69, 9.17) is 27.9 Å². The van der Waals surface area contributed by atoms with Crippen LogP contribution >= 0.6 is 35.0 Å². The molecule has 1 amide bonds. The van der Waals surface area contributed by atoms with Gasteiger partial charge in [-0.1, -0.05) is 54.9 Å². The first-order valence-electron chi connectivity index (χ1n) is 8.62. The molecule has 5 nitrogen and oxygen atoms in total. The van der Waals surface area contributed by atoms with Crippen molar-refractivity contribution in [1.29, 1.82) is 0 Å². The number of nitrogens with zero attached hydrogens (tertiary/aromatic N) is 2. The highest BCUT2D eigenvalue weighted by Crippen LogP contribution is 2.45. The first-order chi connectivity index (χ1) is 12.7. The van der Waals surface area contributed by atoms with Gasteiger partial charge in [0, 0.05) is 10.0 Å². The van der Waals surface area contributed by atoms with E-state index in [0.29, 0.717) is 32.0 Å². The molecule has 8 heteroatoms. The molecule has 2 atom stereocenters. The van der Waals surface area contributed by atoms with Gasteiger partial charge in [0.2, 0.25) is 5.91 Å². The van der Waals surface area contributed by atoms with Gasteiger partial charge in [-0.3, -0.25) is 9.69 Å². The van der Waals surface area contributed by atoms with Crippen molar-refractivity contribution >= 4 is 52.0 Å². The Hall–Kier alpha value is -1.50. The zero-order chi connectivity index (χ0) is 19.9. The highest BCUT2D eigenvalue weighted by atomic mass is 35.5.